The first-order valence-electron chi connectivity index (χ1n) is 7.64. The highest BCUT2D eigenvalue weighted by Crippen LogP contribution is 2.28. The molecule has 1 saturated heterocycles. The van der Waals surface area contributed by atoms with Gasteiger partial charge in [0.15, 0.2) is 0 Å². The second-order valence-electron chi connectivity index (χ2n) is 5.19. The summed E-state index contributed by atoms with van der Waals surface area (Å²) in [6, 6.07) is 8.20. The molecule has 21 heavy (non-hydrogen) atoms. The number of ether oxygens (including phenoxy) is 2. The first-order valence-corrected chi connectivity index (χ1v) is 7.64. The van der Waals surface area contributed by atoms with Gasteiger partial charge in [0.25, 0.3) is 0 Å². The Balaban J connectivity index is 1.73. The van der Waals surface area contributed by atoms with E-state index in [4.69, 9.17) is 14.6 Å². The summed E-state index contributed by atoms with van der Waals surface area (Å²) in [6.07, 6.45) is 1.02. The summed E-state index contributed by atoms with van der Waals surface area (Å²) in [7, 11) is 1.72. The van der Waals surface area contributed by atoms with Crippen LogP contribution in [0.2, 0.25) is 0 Å². The van der Waals surface area contributed by atoms with Crippen molar-refractivity contribution >= 4 is 5.69 Å². The van der Waals surface area contributed by atoms with Gasteiger partial charge in [0.2, 0.25) is 0 Å². The maximum atomic E-state index is 8.64. The first kappa shape index (κ1) is 16.1. The van der Waals surface area contributed by atoms with E-state index in [0.717, 1.165) is 51.5 Å². The van der Waals surface area contributed by atoms with Gasteiger partial charge >= 0.3 is 0 Å². The van der Waals surface area contributed by atoms with Gasteiger partial charge in [0.05, 0.1) is 26.0 Å². The van der Waals surface area contributed by atoms with Crippen LogP contribution in [0.15, 0.2) is 24.3 Å². The van der Waals surface area contributed by atoms with Gasteiger partial charge in [0.1, 0.15) is 5.75 Å². The maximum absolute atomic E-state index is 8.64. The molecule has 1 heterocycles. The van der Waals surface area contributed by atoms with Gasteiger partial charge < -0.3 is 19.5 Å². The van der Waals surface area contributed by atoms with E-state index in [2.05, 4.69) is 21.9 Å². The normalized spacial score (nSPS) is 16.2. The Bertz CT molecular complexity index is 406. The number of nitrogens with zero attached hydrogens (tertiary/aromatic N) is 2. The highest BCUT2D eigenvalue weighted by Gasteiger charge is 2.18. The molecule has 2 rings (SSSR count). The van der Waals surface area contributed by atoms with Crippen LogP contribution in [0.25, 0.3) is 0 Å². The number of aliphatic hydroxyl groups excluding tert-OH is 1. The second kappa shape index (κ2) is 8.87. The number of methoxy groups -OCH3 is 1. The lowest BCUT2D eigenvalue weighted by Gasteiger charge is -2.36. The van der Waals surface area contributed by atoms with Gasteiger partial charge in [-0.15, -0.1) is 0 Å². The molecule has 0 amide bonds. The van der Waals surface area contributed by atoms with Crippen LogP contribution in [-0.4, -0.2) is 69.7 Å². The third kappa shape index (κ3) is 4.88. The largest absolute Gasteiger partial charge is 0.495 e. The summed E-state index contributed by atoms with van der Waals surface area (Å²) in [5.41, 5.74) is 1.19. The average Bonchev–Trinajstić information content (AvgIpc) is 2.55. The molecule has 0 radical (unpaired) electrons. The van der Waals surface area contributed by atoms with Crippen molar-refractivity contribution in [2.24, 2.45) is 0 Å². The van der Waals surface area contributed by atoms with Crippen LogP contribution in [0.5, 0.6) is 5.75 Å². The highest BCUT2D eigenvalue weighted by molar-refractivity contribution is 5.58. The molecule has 1 N–H and O–H groups in total. The number of benzene rings is 1. The van der Waals surface area contributed by atoms with Gasteiger partial charge in [-0.25, -0.2) is 0 Å². The molecule has 0 bridgehead atoms. The third-order valence-corrected chi connectivity index (χ3v) is 3.80. The monoisotopic (exact) mass is 294 g/mol. The summed E-state index contributed by atoms with van der Waals surface area (Å²) in [6.45, 7) is 6.53. The Morgan fingerprint density at radius 1 is 1.10 bits per heavy atom. The zero-order valence-corrected chi connectivity index (χ0v) is 12.8. The molecule has 0 unspecified atom stereocenters. The molecule has 0 aromatic heterocycles. The molecule has 1 aliphatic rings. The van der Waals surface area contributed by atoms with E-state index < -0.39 is 0 Å². The number of piperazine rings is 1. The van der Waals surface area contributed by atoms with E-state index in [9.17, 15) is 0 Å². The van der Waals surface area contributed by atoms with Crippen molar-refractivity contribution in [3.05, 3.63) is 24.3 Å². The van der Waals surface area contributed by atoms with Crippen LogP contribution < -0.4 is 9.64 Å². The van der Waals surface area contributed by atoms with E-state index in [1.807, 2.05) is 12.1 Å². The standard InChI is InChI=1S/C16H26N2O3/c1-20-16-6-3-2-5-15(16)18-10-8-17(9-11-18)7-4-13-21-14-12-19/h2-3,5-6,19H,4,7-14H2,1H3. The molecule has 5 heteroatoms. The van der Waals surface area contributed by atoms with Crippen LogP contribution in [0.3, 0.4) is 0 Å². The fraction of sp³-hybridized carbons (Fsp3) is 0.625. The molecule has 1 aliphatic heterocycles. The van der Waals surface area contributed by atoms with Crippen LogP contribution in [-0.2, 0) is 4.74 Å². The van der Waals surface area contributed by atoms with Crippen molar-refractivity contribution in [2.45, 2.75) is 6.42 Å². The molecule has 1 aromatic rings. The maximum Gasteiger partial charge on any atom is 0.142 e. The second-order valence-corrected chi connectivity index (χ2v) is 5.19. The Hall–Kier alpha value is -1.30. The van der Waals surface area contributed by atoms with Crippen molar-refractivity contribution in [2.75, 3.05) is 64.6 Å². The summed E-state index contributed by atoms with van der Waals surface area (Å²) in [5.74, 6) is 0.948. The lowest BCUT2D eigenvalue weighted by Crippen LogP contribution is -2.46. The summed E-state index contributed by atoms with van der Waals surface area (Å²) >= 11 is 0. The van der Waals surface area contributed by atoms with Crippen molar-refractivity contribution < 1.29 is 14.6 Å². The molecule has 1 aromatic carbocycles. The molecule has 0 aliphatic carbocycles. The number of para-hydroxylation sites is 2. The van der Waals surface area contributed by atoms with Gasteiger partial charge in [-0.3, -0.25) is 4.90 Å². The van der Waals surface area contributed by atoms with Crippen LogP contribution >= 0.6 is 0 Å². The number of anilines is 1. The van der Waals surface area contributed by atoms with Gasteiger partial charge in [-0.1, -0.05) is 12.1 Å². The van der Waals surface area contributed by atoms with E-state index in [-0.39, 0.29) is 6.61 Å². The molecule has 0 saturated carbocycles. The van der Waals surface area contributed by atoms with Gasteiger partial charge in [-0.05, 0) is 18.6 Å². The topological polar surface area (TPSA) is 45.2 Å². The van der Waals surface area contributed by atoms with Crippen molar-refractivity contribution in [3.8, 4) is 5.75 Å². The predicted molar refractivity (Wildman–Crippen MR) is 84.2 cm³/mol. The lowest BCUT2D eigenvalue weighted by molar-refractivity contribution is 0.0841. The molecule has 0 spiro atoms. The minimum absolute atomic E-state index is 0.109. The van der Waals surface area contributed by atoms with Crippen LogP contribution in [0, 0.1) is 0 Å². The number of rotatable bonds is 8. The average molecular weight is 294 g/mol. The summed E-state index contributed by atoms with van der Waals surface area (Å²) in [4.78, 5) is 4.85. The molecule has 118 valence electrons. The SMILES string of the molecule is COc1ccccc1N1CCN(CCCOCCO)CC1. The number of hydrogen-bond donors (Lipinski definition) is 1. The first-order chi connectivity index (χ1) is 10.3. The zero-order valence-electron chi connectivity index (χ0n) is 12.8. The fourth-order valence-corrected chi connectivity index (χ4v) is 2.66. The molecular formula is C16H26N2O3. The zero-order chi connectivity index (χ0) is 14.9. The minimum atomic E-state index is 0.109. The lowest BCUT2D eigenvalue weighted by atomic mass is 10.2. The minimum Gasteiger partial charge on any atom is -0.495 e. The Kier molecular flexibility index (Phi) is 6.79. The van der Waals surface area contributed by atoms with E-state index >= 15 is 0 Å². The Morgan fingerprint density at radius 3 is 2.57 bits per heavy atom. The van der Waals surface area contributed by atoms with Gasteiger partial charge in [0, 0.05) is 39.3 Å². The Labute approximate surface area is 127 Å². The fourth-order valence-electron chi connectivity index (χ4n) is 2.66. The highest BCUT2D eigenvalue weighted by atomic mass is 16.5. The Morgan fingerprint density at radius 2 is 1.86 bits per heavy atom. The van der Waals surface area contributed by atoms with Crippen molar-refractivity contribution in [3.63, 3.8) is 0 Å². The van der Waals surface area contributed by atoms with E-state index in [0.29, 0.717) is 6.61 Å². The van der Waals surface area contributed by atoms with E-state index in [1.165, 1.54) is 5.69 Å². The van der Waals surface area contributed by atoms with E-state index in [1.54, 1.807) is 7.11 Å². The number of aliphatic hydroxyl groups is 1. The number of hydrogen-bond acceptors (Lipinski definition) is 5. The smallest absolute Gasteiger partial charge is 0.142 e. The summed E-state index contributed by atoms with van der Waals surface area (Å²) < 4.78 is 10.7. The van der Waals surface area contributed by atoms with Crippen molar-refractivity contribution in [1.82, 2.24) is 4.90 Å². The van der Waals surface area contributed by atoms with Crippen molar-refractivity contribution in [1.29, 1.82) is 0 Å². The third-order valence-electron chi connectivity index (χ3n) is 3.80. The molecule has 5 nitrogen and oxygen atoms in total. The summed E-state index contributed by atoms with van der Waals surface area (Å²) in [5, 5.41) is 8.64. The van der Waals surface area contributed by atoms with Gasteiger partial charge in [-0.2, -0.15) is 0 Å². The van der Waals surface area contributed by atoms with Crippen LogP contribution in [0.4, 0.5) is 5.69 Å². The predicted octanol–water partition coefficient (Wildman–Crippen LogP) is 1.22. The molecule has 1 fully saturated rings. The molecular weight excluding hydrogens is 268 g/mol. The molecule has 0 atom stereocenters. The quantitative estimate of drug-likeness (QED) is 0.730. The van der Waals surface area contributed by atoms with Crippen LogP contribution in [0.1, 0.15) is 6.42 Å².